The molecule has 0 unspecified atom stereocenters. The van der Waals surface area contributed by atoms with Crippen LogP contribution in [0.2, 0.25) is 0 Å². The number of aliphatic carboxylic acids is 2. The molecule has 0 aliphatic carbocycles. The van der Waals surface area contributed by atoms with Crippen LogP contribution < -0.4 is 4.74 Å². The molecule has 2 N–H and O–H groups in total. The predicted molar refractivity (Wildman–Crippen MR) is 85.1 cm³/mol. The Morgan fingerprint density at radius 1 is 1.09 bits per heavy atom. The van der Waals surface area contributed by atoms with Gasteiger partial charge in [0, 0.05) is 5.56 Å². The number of carbonyl (C=O) groups is 2. The van der Waals surface area contributed by atoms with Crippen LogP contribution in [0.15, 0.2) is 42.5 Å². The summed E-state index contributed by atoms with van der Waals surface area (Å²) in [5.74, 6) is -1.39. The zero-order valence-electron chi connectivity index (χ0n) is 12.9. The smallest absolute Gasteiger partial charge is 0.310 e. The van der Waals surface area contributed by atoms with Crippen LogP contribution in [-0.2, 0) is 16.0 Å². The van der Waals surface area contributed by atoms with E-state index < -0.39 is 17.9 Å². The van der Waals surface area contributed by atoms with Crippen LogP contribution >= 0.6 is 0 Å². The highest BCUT2D eigenvalue weighted by Gasteiger charge is 2.14. The molecule has 1 atom stereocenters. The Labute approximate surface area is 134 Å². The first-order valence-corrected chi connectivity index (χ1v) is 7.18. The Bertz CT molecular complexity index is 719. The zero-order chi connectivity index (χ0) is 17.0. The number of carboxylic acids is 2. The van der Waals surface area contributed by atoms with E-state index in [4.69, 9.17) is 14.9 Å². The van der Waals surface area contributed by atoms with Gasteiger partial charge in [-0.05, 0) is 37.6 Å². The van der Waals surface area contributed by atoms with Crippen molar-refractivity contribution in [1.29, 1.82) is 0 Å². The highest BCUT2D eigenvalue weighted by Crippen LogP contribution is 2.28. The summed E-state index contributed by atoms with van der Waals surface area (Å²) in [4.78, 5) is 21.9. The van der Waals surface area contributed by atoms with Gasteiger partial charge in [-0.25, -0.2) is 0 Å². The van der Waals surface area contributed by atoms with Gasteiger partial charge >= 0.3 is 11.9 Å². The Kier molecular flexibility index (Phi) is 5.01. The lowest BCUT2D eigenvalue weighted by Crippen LogP contribution is -2.07. The number of aryl methyl sites for hydroxylation is 1. The third-order valence-corrected chi connectivity index (χ3v) is 3.54. The monoisotopic (exact) mass is 314 g/mol. The highest BCUT2D eigenvalue weighted by atomic mass is 16.5. The Morgan fingerprint density at radius 3 is 2.30 bits per heavy atom. The summed E-state index contributed by atoms with van der Waals surface area (Å²) < 4.78 is 5.75. The number of hydrogen-bond acceptors (Lipinski definition) is 3. The maximum Gasteiger partial charge on any atom is 0.310 e. The van der Waals surface area contributed by atoms with Crippen molar-refractivity contribution in [3.8, 4) is 11.5 Å². The van der Waals surface area contributed by atoms with E-state index in [0.29, 0.717) is 22.6 Å². The molecular formula is C18H18O5. The molecule has 2 aromatic rings. The molecule has 0 fully saturated rings. The van der Waals surface area contributed by atoms with Gasteiger partial charge in [-0.15, -0.1) is 0 Å². The van der Waals surface area contributed by atoms with Crippen LogP contribution in [0.4, 0.5) is 0 Å². The van der Waals surface area contributed by atoms with E-state index >= 15 is 0 Å². The van der Waals surface area contributed by atoms with Gasteiger partial charge in [0.2, 0.25) is 0 Å². The van der Waals surface area contributed by atoms with Crippen molar-refractivity contribution in [2.24, 2.45) is 0 Å². The number of ether oxygens (including phenoxy) is 1. The fourth-order valence-electron chi connectivity index (χ4n) is 2.20. The summed E-state index contributed by atoms with van der Waals surface area (Å²) in [5.41, 5.74) is 2.24. The quantitative estimate of drug-likeness (QED) is 0.851. The van der Waals surface area contributed by atoms with E-state index in [-0.39, 0.29) is 6.42 Å². The van der Waals surface area contributed by atoms with Crippen LogP contribution in [0.1, 0.15) is 29.5 Å². The molecule has 5 heteroatoms. The van der Waals surface area contributed by atoms with Gasteiger partial charge < -0.3 is 14.9 Å². The molecule has 0 spiro atoms. The van der Waals surface area contributed by atoms with Crippen molar-refractivity contribution in [3.05, 3.63) is 59.2 Å². The summed E-state index contributed by atoms with van der Waals surface area (Å²) in [6, 6.07) is 12.1. The second-order valence-corrected chi connectivity index (χ2v) is 5.41. The lowest BCUT2D eigenvalue weighted by molar-refractivity contribution is -0.138. The molecule has 0 bridgehead atoms. The lowest BCUT2D eigenvalue weighted by Gasteiger charge is -2.12. The SMILES string of the molecule is Cc1ccc(Oc2ccc([C@@H](C)C(=O)O)cc2)c(CC(=O)O)c1. The molecule has 0 heterocycles. The number of rotatable bonds is 6. The Balaban J connectivity index is 2.22. The molecule has 5 nitrogen and oxygen atoms in total. The fourth-order valence-corrected chi connectivity index (χ4v) is 2.20. The van der Waals surface area contributed by atoms with E-state index in [1.54, 1.807) is 43.3 Å². The molecule has 0 radical (unpaired) electrons. The Hall–Kier alpha value is -2.82. The zero-order valence-corrected chi connectivity index (χ0v) is 12.9. The average molecular weight is 314 g/mol. The van der Waals surface area contributed by atoms with E-state index in [1.807, 2.05) is 13.0 Å². The predicted octanol–water partition coefficient (Wildman–Crippen LogP) is 3.60. The molecule has 0 aromatic heterocycles. The fraction of sp³-hybridized carbons (Fsp3) is 0.222. The first-order valence-electron chi connectivity index (χ1n) is 7.18. The molecule has 0 aliphatic heterocycles. The van der Waals surface area contributed by atoms with Crippen LogP contribution in [-0.4, -0.2) is 22.2 Å². The minimum Gasteiger partial charge on any atom is -0.481 e. The van der Waals surface area contributed by atoms with E-state index in [1.165, 1.54) is 0 Å². The number of hydrogen-bond donors (Lipinski definition) is 2. The van der Waals surface area contributed by atoms with E-state index in [0.717, 1.165) is 5.56 Å². The molecular weight excluding hydrogens is 296 g/mol. The molecule has 0 saturated heterocycles. The number of benzene rings is 2. The van der Waals surface area contributed by atoms with Crippen LogP contribution in [0.3, 0.4) is 0 Å². The molecule has 2 aromatic carbocycles. The normalized spacial score (nSPS) is 11.7. The first-order chi connectivity index (χ1) is 10.9. The average Bonchev–Trinajstić information content (AvgIpc) is 2.49. The van der Waals surface area contributed by atoms with Crippen molar-refractivity contribution >= 4 is 11.9 Å². The van der Waals surface area contributed by atoms with Gasteiger partial charge in [0.15, 0.2) is 0 Å². The van der Waals surface area contributed by atoms with Gasteiger partial charge in [-0.3, -0.25) is 9.59 Å². The van der Waals surface area contributed by atoms with Crippen LogP contribution in [0, 0.1) is 6.92 Å². The van der Waals surface area contributed by atoms with E-state index in [9.17, 15) is 9.59 Å². The molecule has 0 aliphatic rings. The highest BCUT2D eigenvalue weighted by molar-refractivity contribution is 5.75. The van der Waals surface area contributed by atoms with Gasteiger partial charge in [0.25, 0.3) is 0 Å². The second-order valence-electron chi connectivity index (χ2n) is 5.41. The molecule has 120 valence electrons. The third-order valence-electron chi connectivity index (χ3n) is 3.54. The van der Waals surface area contributed by atoms with Crippen LogP contribution in [0.25, 0.3) is 0 Å². The van der Waals surface area contributed by atoms with Gasteiger partial charge in [0.1, 0.15) is 11.5 Å². The van der Waals surface area contributed by atoms with Crippen molar-refractivity contribution < 1.29 is 24.5 Å². The van der Waals surface area contributed by atoms with Crippen molar-refractivity contribution in [2.45, 2.75) is 26.2 Å². The molecule has 2 rings (SSSR count). The standard InChI is InChI=1S/C18H18O5/c1-11-3-8-16(14(9-11)10-17(19)20)23-15-6-4-13(5-7-15)12(2)18(21)22/h3-9,12H,10H2,1-2H3,(H,19,20)(H,21,22)/t12-/m1/s1. The molecule has 0 amide bonds. The van der Waals surface area contributed by atoms with Gasteiger partial charge in [-0.2, -0.15) is 0 Å². The first kappa shape index (κ1) is 16.5. The summed E-state index contributed by atoms with van der Waals surface area (Å²) in [6.45, 7) is 3.50. The van der Waals surface area contributed by atoms with Gasteiger partial charge in [-0.1, -0.05) is 29.8 Å². The minimum absolute atomic E-state index is 0.120. The third kappa shape index (κ3) is 4.32. The Morgan fingerprint density at radius 2 is 1.74 bits per heavy atom. The number of carboxylic acid groups (broad SMARTS) is 2. The summed E-state index contributed by atoms with van der Waals surface area (Å²) in [7, 11) is 0. The van der Waals surface area contributed by atoms with Gasteiger partial charge in [0.05, 0.1) is 12.3 Å². The molecule has 23 heavy (non-hydrogen) atoms. The minimum atomic E-state index is -0.925. The maximum absolute atomic E-state index is 11.0. The maximum atomic E-state index is 11.0. The second kappa shape index (κ2) is 6.96. The summed E-state index contributed by atoms with van der Waals surface area (Å²) in [5, 5.41) is 18.0. The summed E-state index contributed by atoms with van der Waals surface area (Å²) >= 11 is 0. The lowest BCUT2D eigenvalue weighted by atomic mass is 10.0. The molecule has 0 saturated carbocycles. The van der Waals surface area contributed by atoms with Crippen LogP contribution in [0.5, 0.6) is 11.5 Å². The topological polar surface area (TPSA) is 83.8 Å². The van der Waals surface area contributed by atoms with Crippen molar-refractivity contribution in [1.82, 2.24) is 0 Å². The summed E-state index contributed by atoms with van der Waals surface area (Å²) in [6.07, 6.45) is -0.120. The largest absolute Gasteiger partial charge is 0.481 e. The van der Waals surface area contributed by atoms with E-state index in [2.05, 4.69) is 0 Å². The van der Waals surface area contributed by atoms with Crippen molar-refractivity contribution in [3.63, 3.8) is 0 Å². The van der Waals surface area contributed by atoms with Crippen molar-refractivity contribution in [2.75, 3.05) is 0 Å².